The molecule has 7 heteroatoms. The molecule has 0 radical (unpaired) electrons. The van der Waals surface area contributed by atoms with E-state index < -0.39 is 11.9 Å². The van der Waals surface area contributed by atoms with Gasteiger partial charge in [0.05, 0.1) is 35.0 Å². The number of ether oxygens (including phenoxy) is 1. The zero-order valence-corrected chi connectivity index (χ0v) is 17.9. The van der Waals surface area contributed by atoms with E-state index in [1.54, 1.807) is 17.7 Å². The van der Waals surface area contributed by atoms with Gasteiger partial charge in [-0.2, -0.15) is 5.26 Å². The maximum atomic E-state index is 13.0. The van der Waals surface area contributed by atoms with Crippen molar-refractivity contribution in [3.8, 4) is 11.8 Å². The van der Waals surface area contributed by atoms with Gasteiger partial charge in [-0.3, -0.25) is 4.79 Å². The van der Waals surface area contributed by atoms with Gasteiger partial charge in [0.15, 0.2) is 0 Å². The highest BCUT2D eigenvalue weighted by molar-refractivity contribution is 6.09. The van der Waals surface area contributed by atoms with Crippen molar-refractivity contribution >= 4 is 28.5 Å². The summed E-state index contributed by atoms with van der Waals surface area (Å²) in [6.45, 7) is 0.666. The summed E-state index contributed by atoms with van der Waals surface area (Å²) < 4.78 is 7.93. The van der Waals surface area contributed by atoms with E-state index in [9.17, 15) is 14.7 Å². The quantitative estimate of drug-likeness (QED) is 0.574. The predicted octanol–water partition coefficient (Wildman–Crippen LogP) is 4.96. The number of carbonyl (C=O) groups is 2. The standard InChI is InChI=1S/C25H25N3O4/c1-28-21(24(29)27-20-11-10-17(14-26)12-19(20)25(30)31)13-18-8-5-9-22(23(18)28)32-15-16-6-3-2-4-7-16/h5,8-13,16H,2-4,6-7,15H2,1H3,(H,27,29)(H,30,31). The Hall–Kier alpha value is -3.79. The van der Waals surface area contributed by atoms with Gasteiger partial charge in [0, 0.05) is 12.4 Å². The number of hydrogen-bond acceptors (Lipinski definition) is 4. The Morgan fingerprint density at radius 3 is 2.69 bits per heavy atom. The number of nitrogens with zero attached hydrogens (tertiary/aromatic N) is 2. The van der Waals surface area contributed by atoms with Gasteiger partial charge >= 0.3 is 5.97 Å². The van der Waals surface area contributed by atoms with E-state index in [4.69, 9.17) is 10.00 Å². The van der Waals surface area contributed by atoms with Crippen LogP contribution < -0.4 is 10.1 Å². The van der Waals surface area contributed by atoms with Crippen LogP contribution in [-0.2, 0) is 7.05 Å². The lowest BCUT2D eigenvalue weighted by molar-refractivity contribution is 0.0698. The number of amides is 1. The van der Waals surface area contributed by atoms with Gasteiger partial charge in [-0.25, -0.2) is 4.79 Å². The molecule has 1 heterocycles. The molecule has 164 valence electrons. The van der Waals surface area contributed by atoms with Crippen LogP contribution >= 0.6 is 0 Å². The molecule has 2 N–H and O–H groups in total. The van der Waals surface area contributed by atoms with Gasteiger partial charge in [-0.15, -0.1) is 0 Å². The van der Waals surface area contributed by atoms with Crippen LogP contribution in [0.5, 0.6) is 5.75 Å². The Kier molecular flexibility index (Phi) is 6.13. The summed E-state index contributed by atoms with van der Waals surface area (Å²) in [7, 11) is 1.79. The van der Waals surface area contributed by atoms with Crippen molar-refractivity contribution in [1.82, 2.24) is 4.57 Å². The average Bonchev–Trinajstić information content (AvgIpc) is 3.15. The highest BCUT2D eigenvalue weighted by Gasteiger charge is 2.20. The lowest BCUT2D eigenvalue weighted by Crippen LogP contribution is -2.18. The number of carbonyl (C=O) groups excluding carboxylic acids is 1. The number of fused-ring (bicyclic) bond motifs is 1. The number of carboxylic acids is 1. The molecule has 1 saturated carbocycles. The van der Waals surface area contributed by atoms with Gasteiger partial charge in [0.1, 0.15) is 11.4 Å². The summed E-state index contributed by atoms with van der Waals surface area (Å²) in [5.41, 5.74) is 1.43. The number of nitriles is 1. The first-order valence-electron chi connectivity index (χ1n) is 10.8. The van der Waals surface area contributed by atoms with E-state index in [0.29, 0.717) is 18.2 Å². The van der Waals surface area contributed by atoms with E-state index in [1.807, 2.05) is 24.3 Å². The minimum absolute atomic E-state index is 0.132. The predicted molar refractivity (Wildman–Crippen MR) is 121 cm³/mol. The third-order valence-corrected chi connectivity index (χ3v) is 6.08. The molecule has 7 nitrogen and oxygen atoms in total. The molecule has 1 amide bonds. The van der Waals surface area contributed by atoms with Crippen LogP contribution in [0.4, 0.5) is 5.69 Å². The molecule has 0 saturated heterocycles. The van der Waals surface area contributed by atoms with E-state index >= 15 is 0 Å². The summed E-state index contributed by atoms with van der Waals surface area (Å²) in [6, 6.07) is 13.6. The molecule has 1 aliphatic carbocycles. The zero-order valence-electron chi connectivity index (χ0n) is 17.9. The fourth-order valence-corrected chi connectivity index (χ4v) is 4.36. The SMILES string of the molecule is Cn1c(C(=O)Nc2ccc(C#N)cc2C(=O)O)cc2cccc(OCC3CCCCC3)c21. The fraction of sp³-hybridized carbons (Fsp3) is 0.320. The van der Waals surface area contributed by atoms with Crippen molar-refractivity contribution in [2.45, 2.75) is 32.1 Å². The van der Waals surface area contributed by atoms with E-state index in [-0.39, 0.29) is 16.8 Å². The maximum Gasteiger partial charge on any atom is 0.337 e. The number of aromatic carboxylic acids is 1. The Labute approximate surface area is 186 Å². The second-order valence-corrected chi connectivity index (χ2v) is 8.23. The minimum atomic E-state index is -1.21. The highest BCUT2D eigenvalue weighted by Crippen LogP contribution is 2.31. The van der Waals surface area contributed by atoms with Crippen LogP contribution in [0.25, 0.3) is 10.9 Å². The van der Waals surface area contributed by atoms with Crippen LogP contribution in [0.1, 0.15) is 58.5 Å². The summed E-state index contributed by atoms with van der Waals surface area (Å²) in [5, 5.41) is 22.0. The maximum absolute atomic E-state index is 13.0. The van der Waals surface area contributed by atoms with Gasteiger partial charge in [-0.05, 0) is 49.1 Å². The van der Waals surface area contributed by atoms with Crippen LogP contribution in [0.15, 0.2) is 42.5 Å². The van der Waals surface area contributed by atoms with Crippen LogP contribution in [0.3, 0.4) is 0 Å². The molecular formula is C25H25N3O4. The summed E-state index contributed by atoms with van der Waals surface area (Å²) in [4.78, 5) is 24.6. The molecule has 0 unspecified atom stereocenters. The number of para-hydroxylation sites is 1. The molecular weight excluding hydrogens is 406 g/mol. The largest absolute Gasteiger partial charge is 0.491 e. The smallest absolute Gasteiger partial charge is 0.337 e. The summed E-state index contributed by atoms with van der Waals surface area (Å²) in [6.07, 6.45) is 6.17. The monoisotopic (exact) mass is 431 g/mol. The number of anilines is 1. The highest BCUT2D eigenvalue weighted by atomic mass is 16.5. The number of aromatic nitrogens is 1. The van der Waals surface area contributed by atoms with Crippen LogP contribution in [0.2, 0.25) is 0 Å². The lowest BCUT2D eigenvalue weighted by atomic mass is 9.90. The van der Waals surface area contributed by atoms with Gasteiger partial charge in [0.25, 0.3) is 5.91 Å². The Morgan fingerprint density at radius 2 is 1.97 bits per heavy atom. The van der Waals surface area contributed by atoms with Crippen molar-refractivity contribution in [1.29, 1.82) is 5.26 Å². The van der Waals surface area contributed by atoms with E-state index in [0.717, 1.165) is 16.7 Å². The molecule has 0 atom stereocenters. The number of nitrogens with one attached hydrogen (secondary N) is 1. The number of hydrogen-bond donors (Lipinski definition) is 2. The first-order chi connectivity index (χ1) is 15.5. The van der Waals surface area contributed by atoms with Gasteiger partial charge in [-0.1, -0.05) is 31.4 Å². The second kappa shape index (κ2) is 9.15. The molecule has 1 aliphatic rings. The van der Waals surface area contributed by atoms with Crippen molar-refractivity contribution in [3.05, 3.63) is 59.3 Å². The van der Waals surface area contributed by atoms with E-state index in [2.05, 4.69) is 5.32 Å². The molecule has 2 aromatic carbocycles. The van der Waals surface area contributed by atoms with Crippen molar-refractivity contribution in [3.63, 3.8) is 0 Å². The van der Waals surface area contributed by atoms with E-state index in [1.165, 1.54) is 50.3 Å². The molecule has 0 spiro atoms. The average molecular weight is 431 g/mol. The molecule has 1 aromatic heterocycles. The van der Waals surface area contributed by atoms with Crippen LogP contribution in [0, 0.1) is 17.2 Å². The normalized spacial score (nSPS) is 14.1. The number of aryl methyl sites for hydroxylation is 1. The summed E-state index contributed by atoms with van der Waals surface area (Å²) in [5.74, 6) is -0.353. The van der Waals surface area contributed by atoms with Crippen molar-refractivity contribution < 1.29 is 19.4 Å². The topological polar surface area (TPSA) is 104 Å². The molecule has 0 aliphatic heterocycles. The number of carboxylic acid groups (broad SMARTS) is 1. The van der Waals surface area contributed by atoms with Crippen LogP contribution in [-0.4, -0.2) is 28.2 Å². The Bertz CT molecular complexity index is 1220. The third kappa shape index (κ3) is 4.30. The number of rotatable bonds is 6. The van der Waals surface area contributed by atoms with Gasteiger partial charge < -0.3 is 19.7 Å². The molecule has 4 rings (SSSR count). The Morgan fingerprint density at radius 1 is 1.19 bits per heavy atom. The second-order valence-electron chi connectivity index (χ2n) is 8.23. The number of benzene rings is 2. The van der Waals surface area contributed by atoms with Crippen molar-refractivity contribution in [2.75, 3.05) is 11.9 Å². The zero-order chi connectivity index (χ0) is 22.7. The first kappa shape index (κ1) is 21.4. The minimum Gasteiger partial charge on any atom is -0.491 e. The van der Waals surface area contributed by atoms with Crippen molar-refractivity contribution in [2.24, 2.45) is 13.0 Å². The molecule has 32 heavy (non-hydrogen) atoms. The lowest BCUT2D eigenvalue weighted by Gasteiger charge is -2.22. The summed E-state index contributed by atoms with van der Waals surface area (Å²) >= 11 is 0. The molecule has 0 bridgehead atoms. The first-order valence-corrected chi connectivity index (χ1v) is 10.8. The fourth-order valence-electron chi connectivity index (χ4n) is 4.36. The molecule has 3 aromatic rings. The van der Waals surface area contributed by atoms with Gasteiger partial charge in [0.2, 0.25) is 0 Å². The Balaban J connectivity index is 1.60. The molecule has 1 fully saturated rings. The third-order valence-electron chi connectivity index (χ3n) is 6.08.